The lowest BCUT2D eigenvalue weighted by Gasteiger charge is -2.31. The topological polar surface area (TPSA) is 102 Å². The second-order valence-electron chi connectivity index (χ2n) is 8.03. The number of benzene rings is 2. The lowest BCUT2D eigenvalue weighted by Crippen LogP contribution is -2.46. The van der Waals surface area contributed by atoms with Gasteiger partial charge in [0.25, 0.3) is 0 Å². The van der Waals surface area contributed by atoms with Crippen LogP contribution < -0.4 is 5.32 Å². The number of amides is 2. The normalized spacial score (nSPS) is 11.8. The van der Waals surface area contributed by atoms with Gasteiger partial charge >= 0.3 is 0 Å². The van der Waals surface area contributed by atoms with Gasteiger partial charge in [-0.3, -0.25) is 14.6 Å². The fraction of sp³-hybridized carbons (Fsp3) is 0.269. The molecular formula is C26H28N6O3. The standard InChI is InChI=1S/C26H28N6O3/c1-35-18-16-28-26(34)25(21-11-14-27-15-12-21)31(17-13-20-7-3-2-4-8-20)24(33)19-32-23-10-6-5-9-22(23)29-30-32/h2-12,14-15,25H,13,16-19H2,1H3,(H,28,34). The number of aromatic nitrogens is 4. The molecule has 35 heavy (non-hydrogen) atoms. The Hall–Kier alpha value is -4.11. The minimum absolute atomic E-state index is 0.0394. The first-order valence-electron chi connectivity index (χ1n) is 11.5. The van der Waals surface area contributed by atoms with Gasteiger partial charge in [-0.15, -0.1) is 5.10 Å². The van der Waals surface area contributed by atoms with Gasteiger partial charge in [0.15, 0.2) is 0 Å². The van der Waals surface area contributed by atoms with Gasteiger partial charge in [0.2, 0.25) is 11.8 Å². The molecule has 0 fully saturated rings. The minimum atomic E-state index is -0.833. The highest BCUT2D eigenvalue weighted by molar-refractivity contribution is 5.89. The van der Waals surface area contributed by atoms with Crippen LogP contribution in [0.25, 0.3) is 11.0 Å². The van der Waals surface area contributed by atoms with Gasteiger partial charge in [-0.2, -0.15) is 0 Å². The molecular weight excluding hydrogens is 444 g/mol. The number of hydrogen-bond donors (Lipinski definition) is 1. The third-order valence-electron chi connectivity index (χ3n) is 5.70. The van der Waals surface area contributed by atoms with E-state index in [4.69, 9.17) is 4.74 Å². The van der Waals surface area contributed by atoms with E-state index in [1.165, 1.54) is 0 Å². The zero-order chi connectivity index (χ0) is 24.5. The fourth-order valence-corrected chi connectivity index (χ4v) is 3.94. The van der Waals surface area contributed by atoms with Crippen molar-refractivity contribution in [1.29, 1.82) is 0 Å². The van der Waals surface area contributed by atoms with E-state index in [1.54, 1.807) is 41.2 Å². The summed E-state index contributed by atoms with van der Waals surface area (Å²) in [7, 11) is 1.57. The van der Waals surface area contributed by atoms with Gasteiger partial charge in [-0.25, -0.2) is 4.68 Å². The van der Waals surface area contributed by atoms with E-state index < -0.39 is 6.04 Å². The monoisotopic (exact) mass is 472 g/mol. The number of carbonyl (C=O) groups is 2. The molecule has 9 heteroatoms. The van der Waals surface area contributed by atoms with E-state index in [2.05, 4.69) is 20.6 Å². The van der Waals surface area contributed by atoms with Gasteiger partial charge in [0.1, 0.15) is 18.1 Å². The summed E-state index contributed by atoms with van der Waals surface area (Å²) in [6, 6.07) is 20.0. The molecule has 2 aromatic heterocycles. The van der Waals surface area contributed by atoms with Crippen molar-refractivity contribution in [3.05, 3.63) is 90.3 Å². The molecule has 1 atom stereocenters. The molecule has 0 aliphatic carbocycles. The zero-order valence-corrected chi connectivity index (χ0v) is 19.6. The van der Waals surface area contributed by atoms with Crippen LogP contribution in [-0.2, 0) is 27.3 Å². The maximum atomic E-state index is 13.7. The molecule has 0 radical (unpaired) electrons. The summed E-state index contributed by atoms with van der Waals surface area (Å²) in [5.74, 6) is -0.515. The number of nitrogens with zero attached hydrogens (tertiary/aromatic N) is 5. The predicted octanol–water partition coefficient (Wildman–Crippen LogP) is 2.40. The molecule has 0 saturated carbocycles. The van der Waals surface area contributed by atoms with Crippen molar-refractivity contribution in [2.45, 2.75) is 19.0 Å². The summed E-state index contributed by atoms with van der Waals surface area (Å²) < 4.78 is 6.65. The first-order chi connectivity index (χ1) is 17.2. The maximum Gasteiger partial charge on any atom is 0.247 e. The van der Waals surface area contributed by atoms with Crippen LogP contribution in [0.3, 0.4) is 0 Å². The summed E-state index contributed by atoms with van der Waals surface area (Å²) in [6.07, 6.45) is 3.84. The summed E-state index contributed by atoms with van der Waals surface area (Å²) in [4.78, 5) is 32.8. The Kier molecular flexibility index (Phi) is 8.13. The number of hydrogen-bond acceptors (Lipinski definition) is 6. The molecule has 1 unspecified atom stereocenters. The molecule has 0 saturated heterocycles. The van der Waals surface area contributed by atoms with E-state index in [1.807, 2.05) is 54.6 Å². The number of pyridine rings is 1. The molecule has 0 aliphatic rings. The molecule has 0 aliphatic heterocycles. The highest BCUT2D eigenvalue weighted by Crippen LogP contribution is 2.23. The van der Waals surface area contributed by atoms with Crippen LogP contribution in [0.2, 0.25) is 0 Å². The van der Waals surface area contributed by atoms with E-state index in [0.717, 1.165) is 11.1 Å². The van der Waals surface area contributed by atoms with Crippen molar-refractivity contribution in [3.8, 4) is 0 Å². The summed E-state index contributed by atoms with van der Waals surface area (Å²) in [6.45, 7) is 1.02. The smallest absolute Gasteiger partial charge is 0.247 e. The Balaban J connectivity index is 1.65. The Bertz CT molecular complexity index is 1250. The minimum Gasteiger partial charge on any atom is -0.383 e. The maximum absolute atomic E-state index is 13.7. The second-order valence-corrected chi connectivity index (χ2v) is 8.03. The molecule has 2 heterocycles. The molecule has 2 amide bonds. The number of nitrogens with one attached hydrogen (secondary N) is 1. The number of ether oxygens (including phenoxy) is 1. The van der Waals surface area contributed by atoms with Crippen LogP contribution in [0, 0.1) is 0 Å². The highest BCUT2D eigenvalue weighted by Gasteiger charge is 2.31. The number of methoxy groups -OCH3 is 1. The van der Waals surface area contributed by atoms with Crippen molar-refractivity contribution in [3.63, 3.8) is 0 Å². The Labute approximate surface area is 203 Å². The second kappa shape index (κ2) is 11.8. The predicted molar refractivity (Wildman–Crippen MR) is 131 cm³/mol. The van der Waals surface area contributed by atoms with Crippen molar-refractivity contribution in [2.24, 2.45) is 0 Å². The van der Waals surface area contributed by atoms with Crippen molar-refractivity contribution >= 4 is 22.8 Å². The molecule has 180 valence electrons. The van der Waals surface area contributed by atoms with Crippen molar-refractivity contribution < 1.29 is 14.3 Å². The average molecular weight is 473 g/mol. The summed E-state index contributed by atoms with van der Waals surface area (Å²) >= 11 is 0. The lowest BCUT2D eigenvalue weighted by molar-refractivity contribution is -0.141. The molecule has 1 N–H and O–H groups in total. The largest absolute Gasteiger partial charge is 0.383 e. The molecule has 0 bridgehead atoms. The molecule has 0 spiro atoms. The van der Waals surface area contributed by atoms with Gasteiger partial charge in [-0.05, 0) is 41.8 Å². The first kappa shape index (κ1) is 24.0. The number of carbonyl (C=O) groups excluding carboxylic acids is 2. The number of para-hydroxylation sites is 1. The van der Waals surface area contributed by atoms with Crippen LogP contribution >= 0.6 is 0 Å². The highest BCUT2D eigenvalue weighted by atomic mass is 16.5. The molecule has 4 rings (SSSR count). The Morgan fingerprint density at radius 2 is 1.77 bits per heavy atom. The SMILES string of the molecule is COCCNC(=O)C(c1ccncc1)N(CCc1ccccc1)C(=O)Cn1nnc2ccccc21. The van der Waals surface area contributed by atoms with Gasteiger partial charge in [0, 0.05) is 32.6 Å². The first-order valence-corrected chi connectivity index (χ1v) is 11.5. The van der Waals surface area contributed by atoms with Crippen LogP contribution in [0.15, 0.2) is 79.1 Å². The van der Waals surface area contributed by atoms with Gasteiger partial charge in [-0.1, -0.05) is 47.7 Å². The third kappa shape index (κ3) is 6.07. The Morgan fingerprint density at radius 3 is 2.54 bits per heavy atom. The van der Waals surface area contributed by atoms with Crippen LogP contribution in [-0.4, -0.2) is 63.5 Å². The van der Waals surface area contributed by atoms with Crippen LogP contribution in [0.5, 0.6) is 0 Å². The molecule has 9 nitrogen and oxygen atoms in total. The van der Waals surface area contributed by atoms with Crippen LogP contribution in [0.4, 0.5) is 0 Å². The number of rotatable bonds is 11. The van der Waals surface area contributed by atoms with E-state index in [9.17, 15) is 9.59 Å². The quantitative estimate of drug-likeness (QED) is 0.336. The number of fused-ring (bicyclic) bond motifs is 1. The van der Waals surface area contributed by atoms with Gasteiger partial charge in [0.05, 0.1) is 12.1 Å². The third-order valence-corrected chi connectivity index (χ3v) is 5.70. The lowest BCUT2D eigenvalue weighted by atomic mass is 10.0. The van der Waals surface area contributed by atoms with Gasteiger partial charge < -0.3 is 15.0 Å². The molecule has 2 aromatic carbocycles. The van der Waals surface area contributed by atoms with E-state index in [-0.39, 0.29) is 18.4 Å². The molecule has 4 aromatic rings. The van der Waals surface area contributed by atoms with E-state index in [0.29, 0.717) is 37.2 Å². The Morgan fingerprint density at radius 1 is 1.03 bits per heavy atom. The zero-order valence-electron chi connectivity index (χ0n) is 19.6. The average Bonchev–Trinajstić information content (AvgIpc) is 3.30. The van der Waals surface area contributed by atoms with Crippen molar-refractivity contribution in [1.82, 2.24) is 30.2 Å². The summed E-state index contributed by atoms with van der Waals surface area (Å²) in [5.41, 5.74) is 3.22. The van der Waals surface area contributed by atoms with Crippen molar-refractivity contribution in [2.75, 3.05) is 26.8 Å². The fourth-order valence-electron chi connectivity index (χ4n) is 3.94. The summed E-state index contributed by atoms with van der Waals surface area (Å²) in [5, 5.41) is 11.2. The van der Waals surface area contributed by atoms with Crippen LogP contribution in [0.1, 0.15) is 17.2 Å². The van der Waals surface area contributed by atoms with E-state index >= 15 is 0 Å².